The van der Waals surface area contributed by atoms with Gasteiger partial charge in [-0.2, -0.15) is 0 Å². The van der Waals surface area contributed by atoms with E-state index in [0.29, 0.717) is 31.1 Å². The molecule has 9 nitrogen and oxygen atoms in total. The second kappa shape index (κ2) is 9.90. The maximum absolute atomic E-state index is 13.0. The number of piperazine rings is 1. The van der Waals surface area contributed by atoms with E-state index in [2.05, 4.69) is 14.6 Å². The van der Waals surface area contributed by atoms with Gasteiger partial charge in [0.2, 0.25) is 10.0 Å². The Morgan fingerprint density at radius 2 is 1.67 bits per heavy atom. The largest absolute Gasteiger partial charge is 0.506 e. The molecule has 3 heterocycles. The molecule has 36 heavy (non-hydrogen) atoms. The highest BCUT2D eigenvalue weighted by atomic mass is 32.2. The second-order valence-electron chi connectivity index (χ2n) is 9.50. The van der Waals surface area contributed by atoms with Gasteiger partial charge in [-0.3, -0.25) is 14.6 Å². The molecule has 1 fully saturated rings. The SMILES string of the molecule is CC(C)(C)S(=O)(=O)NC(=O)c1ccc(N2CCN(C(=O)c3cc(-c4cncc(O)c4)cs3)CC2)cc1. The normalized spacial score (nSPS) is 14.5. The number of thiophene rings is 1. The van der Waals surface area contributed by atoms with Gasteiger partial charge in [-0.1, -0.05) is 0 Å². The molecule has 1 aromatic carbocycles. The highest BCUT2D eigenvalue weighted by Crippen LogP contribution is 2.28. The van der Waals surface area contributed by atoms with Crippen LogP contribution in [0.4, 0.5) is 5.69 Å². The van der Waals surface area contributed by atoms with E-state index in [1.807, 2.05) is 16.3 Å². The van der Waals surface area contributed by atoms with Crippen molar-refractivity contribution in [2.24, 2.45) is 0 Å². The summed E-state index contributed by atoms with van der Waals surface area (Å²) < 4.78 is 25.5. The van der Waals surface area contributed by atoms with Crippen molar-refractivity contribution in [1.82, 2.24) is 14.6 Å². The summed E-state index contributed by atoms with van der Waals surface area (Å²) in [5, 5.41) is 11.5. The standard InChI is InChI=1S/C25H28N4O5S2/c1-25(2,3)36(33,34)27-23(31)17-4-6-20(7-5-17)28-8-10-29(11-9-28)24(32)22-13-19(16-35-22)18-12-21(30)15-26-14-18/h4-7,12-16,30H,8-11H2,1-3H3,(H,27,31). The van der Waals surface area contributed by atoms with Gasteiger partial charge in [0.25, 0.3) is 11.8 Å². The minimum Gasteiger partial charge on any atom is -0.506 e. The van der Waals surface area contributed by atoms with Crippen molar-refractivity contribution in [2.45, 2.75) is 25.5 Å². The zero-order valence-electron chi connectivity index (χ0n) is 20.3. The lowest BCUT2D eigenvalue weighted by atomic mass is 10.1. The average Bonchev–Trinajstić information content (AvgIpc) is 3.33. The molecule has 190 valence electrons. The first-order valence-electron chi connectivity index (χ1n) is 11.4. The van der Waals surface area contributed by atoms with Gasteiger partial charge >= 0.3 is 0 Å². The summed E-state index contributed by atoms with van der Waals surface area (Å²) >= 11 is 1.36. The summed E-state index contributed by atoms with van der Waals surface area (Å²) in [5.74, 6) is -0.624. The predicted molar refractivity (Wildman–Crippen MR) is 140 cm³/mol. The molecule has 0 aliphatic carbocycles. The number of rotatable bonds is 5. The molecule has 2 aromatic heterocycles. The number of benzene rings is 1. The zero-order valence-corrected chi connectivity index (χ0v) is 21.9. The maximum Gasteiger partial charge on any atom is 0.264 e. The molecule has 2 N–H and O–H groups in total. The molecule has 1 aliphatic rings. The summed E-state index contributed by atoms with van der Waals surface area (Å²) in [4.78, 5) is 34.0. The number of carbonyl (C=O) groups excluding carboxylic acids is 2. The Balaban J connectivity index is 1.35. The Bertz CT molecular complexity index is 1370. The van der Waals surface area contributed by atoms with Crippen LogP contribution in [0, 0.1) is 0 Å². The van der Waals surface area contributed by atoms with Crippen LogP contribution in [-0.2, 0) is 10.0 Å². The van der Waals surface area contributed by atoms with E-state index in [-0.39, 0.29) is 17.2 Å². The van der Waals surface area contributed by atoms with Crippen LogP contribution in [0.2, 0.25) is 0 Å². The van der Waals surface area contributed by atoms with Crippen LogP contribution >= 0.6 is 11.3 Å². The van der Waals surface area contributed by atoms with Gasteiger partial charge in [-0.05, 0) is 68.1 Å². The molecular formula is C25H28N4O5S2. The number of hydrogen-bond donors (Lipinski definition) is 2. The number of hydrogen-bond acceptors (Lipinski definition) is 8. The van der Waals surface area contributed by atoms with E-state index in [4.69, 9.17) is 0 Å². The highest BCUT2D eigenvalue weighted by Gasteiger charge is 2.31. The minimum atomic E-state index is -3.79. The van der Waals surface area contributed by atoms with Crippen LogP contribution < -0.4 is 9.62 Å². The van der Waals surface area contributed by atoms with Crippen LogP contribution in [-0.4, -0.2) is 66.1 Å². The molecule has 3 aromatic rings. The van der Waals surface area contributed by atoms with Crippen LogP contribution in [0.25, 0.3) is 11.1 Å². The molecule has 0 atom stereocenters. The van der Waals surface area contributed by atoms with Crippen molar-refractivity contribution in [3.63, 3.8) is 0 Å². The molecule has 0 bridgehead atoms. The smallest absolute Gasteiger partial charge is 0.264 e. The molecule has 0 spiro atoms. The molecule has 4 rings (SSSR count). The Kier molecular flexibility index (Phi) is 7.05. The van der Waals surface area contributed by atoms with Gasteiger partial charge in [0.1, 0.15) is 5.75 Å². The first-order valence-corrected chi connectivity index (χ1v) is 13.7. The van der Waals surface area contributed by atoms with Gasteiger partial charge in [-0.25, -0.2) is 13.1 Å². The van der Waals surface area contributed by atoms with E-state index in [9.17, 15) is 23.1 Å². The Morgan fingerprint density at radius 3 is 2.28 bits per heavy atom. The molecule has 0 unspecified atom stereocenters. The van der Waals surface area contributed by atoms with Crippen molar-refractivity contribution < 1.29 is 23.1 Å². The van der Waals surface area contributed by atoms with Crippen molar-refractivity contribution in [3.8, 4) is 16.9 Å². The zero-order chi connectivity index (χ0) is 26.1. The fourth-order valence-electron chi connectivity index (χ4n) is 3.67. The Hall–Kier alpha value is -3.44. The number of anilines is 1. The maximum atomic E-state index is 13.0. The minimum absolute atomic E-state index is 0.0360. The molecule has 1 saturated heterocycles. The third kappa shape index (κ3) is 5.52. The quantitative estimate of drug-likeness (QED) is 0.521. The fourth-order valence-corrected chi connectivity index (χ4v) is 5.22. The van der Waals surface area contributed by atoms with Gasteiger partial charge in [0.15, 0.2) is 0 Å². The van der Waals surface area contributed by atoms with Gasteiger partial charge in [0.05, 0.1) is 15.8 Å². The predicted octanol–water partition coefficient (Wildman–Crippen LogP) is 3.34. The summed E-state index contributed by atoms with van der Waals surface area (Å²) in [7, 11) is -3.79. The van der Waals surface area contributed by atoms with Crippen molar-refractivity contribution in [3.05, 3.63) is 64.6 Å². The average molecular weight is 529 g/mol. The van der Waals surface area contributed by atoms with E-state index in [1.165, 1.54) is 38.3 Å². The molecular weight excluding hydrogens is 500 g/mol. The van der Waals surface area contributed by atoms with Crippen molar-refractivity contribution >= 4 is 38.9 Å². The lowest BCUT2D eigenvalue weighted by Gasteiger charge is -2.36. The van der Waals surface area contributed by atoms with E-state index < -0.39 is 20.7 Å². The molecule has 0 saturated carbocycles. The van der Waals surface area contributed by atoms with Crippen molar-refractivity contribution in [1.29, 1.82) is 0 Å². The summed E-state index contributed by atoms with van der Waals surface area (Å²) in [6, 6.07) is 10.2. The molecule has 0 radical (unpaired) electrons. The molecule has 1 aliphatic heterocycles. The third-order valence-electron chi connectivity index (χ3n) is 5.96. The number of nitrogens with zero attached hydrogens (tertiary/aromatic N) is 3. The number of nitrogens with one attached hydrogen (secondary N) is 1. The summed E-state index contributed by atoms with van der Waals surface area (Å²) in [6.45, 7) is 6.94. The topological polar surface area (TPSA) is 120 Å². The van der Waals surface area contributed by atoms with Crippen LogP contribution in [0.1, 0.15) is 40.8 Å². The Morgan fingerprint density at radius 1 is 1.00 bits per heavy atom. The van der Waals surface area contributed by atoms with Crippen LogP contribution in [0.5, 0.6) is 5.75 Å². The van der Waals surface area contributed by atoms with Crippen LogP contribution in [0.3, 0.4) is 0 Å². The summed E-state index contributed by atoms with van der Waals surface area (Å²) in [6.07, 6.45) is 3.01. The molecule has 11 heteroatoms. The number of carbonyl (C=O) groups is 2. The molecule has 2 amide bonds. The highest BCUT2D eigenvalue weighted by molar-refractivity contribution is 7.91. The monoisotopic (exact) mass is 528 g/mol. The van der Waals surface area contributed by atoms with E-state index in [0.717, 1.165) is 16.8 Å². The number of pyridine rings is 1. The van der Waals surface area contributed by atoms with E-state index >= 15 is 0 Å². The lowest BCUT2D eigenvalue weighted by Crippen LogP contribution is -2.48. The van der Waals surface area contributed by atoms with Crippen molar-refractivity contribution in [2.75, 3.05) is 31.1 Å². The number of amides is 2. The number of aromatic nitrogens is 1. The first-order chi connectivity index (χ1) is 16.9. The second-order valence-corrected chi connectivity index (χ2v) is 12.9. The van der Waals surface area contributed by atoms with Gasteiger partial charge in [0, 0.05) is 49.2 Å². The van der Waals surface area contributed by atoms with Gasteiger partial charge in [-0.15, -0.1) is 11.3 Å². The fraction of sp³-hybridized carbons (Fsp3) is 0.320. The Labute approximate surface area is 214 Å². The third-order valence-corrected chi connectivity index (χ3v) is 8.95. The van der Waals surface area contributed by atoms with E-state index in [1.54, 1.807) is 36.5 Å². The lowest BCUT2D eigenvalue weighted by molar-refractivity contribution is 0.0751. The summed E-state index contributed by atoms with van der Waals surface area (Å²) in [5.41, 5.74) is 2.75. The van der Waals surface area contributed by atoms with Crippen LogP contribution in [0.15, 0.2) is 54.2 Å². The number of aromatic hydroxyl groups is 1. The first kappa shape index (κ1) is 25.6. The van der Waals surface area contributed by atoms with Gasteiger partial charge < -0.3 is 14.9 Å². The number of sulfonamides is 1.